The Balaban J connectivity index is 2.13. The maximum Gasteiger partial charge on any atom is 0.161 e. The van der Waals surface area contributed by atoms with E-state index in [0.717, 1.165) is 19.3 Å². The maximum atomic E-state index is 13.0. The second-order valence-corrected chi connectivity index (χ2v) is 13.8. The molecule has 0 saturated heterocycles. The molecule has 2 unspecified atom stereocenters. The van der Waals surface area contributed by atoms with E-state index in [9.17, 15) is 28.9 Å². The first-order valence-electron chi connectivity index (χ1n) is 11.8. The zero-order valence-corrected chi connectivity index (χ0v) is 22.4. The molecular formula is C26H38O6S2-2. The number of carbonyl (C=O) groups is 2. The summed E-state index contributed by atoms with van der Waals surface area (Å²) in [6.45, 7) is 7.99. The monoisotopic (exact) mass is 510 g/mol. The van der Waals surface area contributed by atoms with E-state index in [0.29, 0.717) is 38.8 Å². The molecule has 192 valence electrons. The third kappa shape index (κ3) is 8.81. The molecular weight excluding hydrogens is 472 g/mol. The Morgan fingerprint density at radius 1 is 0.853 bits per heavy atom. The van der Waals surface area contributed by atoms with Crippen LogP contribution < -0.4 is 0 Å². The lowest BCUT2D eigenvalue weighted by Crippen LogP contribution is -2.18. The van der Waals surface area contributed by atoms with E-state index in [1.165, 1.54) is 12.2 Å². The second-order valence-electron chi connectivity index (χ2n) is 10.7. The Labute approximate surface area is 208 Å². The van der Waals surface area contributed by atoms with Gasteiger partial charge in [-0.25, -0.2) is 21.5 Å². The number of ketones is 2. The summed E-state index contributed by atoms with van der Waals surface area (Å²) in [4.78, 5) is 26.5. The van der Waals surface area contributed by atoms with Gasteiger partial charge >= 0.3 is 0 Å². The van der Waals surface area contributed by atoms with Crippen LogP contribution in [0.25, 0.3) is 0 Å². The molecule has 0 fully saturated rings. The van der Waals surface area contributed by atoms with Gasteiger partial charge in [0.15, 0.2) is 11.6 Å². The lowest BCUT2D eigenvalue weighted by molar-refractivity contribution is -0.114. The molecule has 0 aromatic heterocycles. The molecule has 2 aliphatic rings. The first-order valence-corrected chi connectivity index (χ1v) is 14.1. The molecule has 8 heteroatoms. The highest BCUT2D eigenvalue weighted by Crippen LogP contribution is 2.36. The van der Waals surface area contributed by atoms with Gasteiger partial charge in [-0.1, -0.05) is 33.8 Å². The SMILES string of the molecule is CC(C)(CO)CCCC1=CC(=O)CC(/C=C/C2=CC(=O)CC(CCCC(C)(C)CO)=S2[O-])=S1[O-]. The summed E-state index contributed by atoms with van der Waals surface area (Å²) in [7, 11) is -2.89. The average molecular weight is 511 g/mol. The Morgan fingerprint density at radius 2 is 1.41 bits per heavy atom. The predicted molar refractivity (Wildman–Crippen MR) is 141 cm³/mol. The third-order valence-corrected chi connectivity index (χ3v) is 9.28. The Bertz CT molecular complexity index is 926. The molecule has 0 amide bonds. The summed E-state index contributed by atoms with van der Waals surface area (Å²) in [6.07, 6.45) is 10.2. The maximum absolute atomic E-state index is 13.0. The van der Waals surface area contributed by atoms with Crippen molar-refractivity contribution in [3.63, 3.8) is 0 Å². The van der Waals surface area contributed by atoms with E-state index in [2.05, 4.69) is 0 Å². The number of hydrogen-bond acceptors (Lipinski definition) is 6. The first kappa shape index (κ1) is 29.1. The quantitative estimate of drug-likeness (QED) is 0.288. The van der Waals surface area contributed by atoms with Crippen molar-refractivity contribution in [1.82, 2.24) is 0 Å². The molecule has 0 aliphatic carbocycles. The molecule has 2 rings (SSSR count). The molecule has 2 aliphatic heterocycles. The van der Waals surface area contributed by atoms with Crippen molar-refractivity contribution >= 4 is 42.8 Å². The van der Waals surface area contributed by atoms with Gasteiger partial charge in [-0.3, -0.25) is 9.59 Å². The molecule has 0 aromatic carbocycles. The fourth-order valence-corrected chi connectivity index (χ4v) is 6.53. The minimum atomic E-state index is -1.45. The molecule has 2 N–H and O–H groups in total. The van der Waals surface area contributed by atoms with Crippen molar-refractivity contribution in [3.8, 4) is 0 Å². The molecule has 34 heavy (non-hydrogen) atoms. The minimum absolute atomic E-state index is 0.0371. The predicted octanol–water partition coefficient (Wildman–Crippen LogP) is 4.78. The van der Waals surface area contributed by atoms with E-state index < -0.39 is 21.5 Å². The number of rotatable bonds is 12. The van der Waals surface area contributed by atoms with Gasteiger partial charge in [-0.2, -0.15) is 0 Å². The standard InChI is InChI=1S/C26H39O6S2/c1-25(2,17-27)11-5-7-21-13-19(29)15-23(33(21)31)9-10-24-16-20(30)14-22(34(24)32)8-6-12-26(3,4)18-28/h9-10,13,16,27-28H,5-8,11-12,14-15,17-18H2,1-4H3,(H-,30,31,32)/q-1/p-1. The average Bonchev–Trinajstić information content (AvgIpc) is 2.77. The summed E-state index contributed by atoms with van der Waals surface area (Å²) in [5, 5.41) is 18.8. The highest BCUT2D eigenvalue weighted by molar-refractivity contribution is 8.15. The number of hydrogen-bond donors (Lipinski definition) is 2. The summed E-state index contributed by atoms with van der Waals surface area (Å²) in [5.74, 6) is -0.238. The lowest BCUT2D eigenvalue weighted by Gasteiger charge is -2.29. The second kappa shape index (κ2) is 12.7. The molecule has 6 nitrogen and oxygen atoms in total. The van der Waals surface area contributed by atoms with Crippen LogP contribution >= 0.6 is 21.5 Å². The zero-order valence-electron chi connectivity index (χ0n) is 20.7. The van der Waals surface area contributed by atoms with Gasteiger partial charge in [-0.05, 0) is 87.1 Å². The van der Waals surface area contributed by atoms with Crippen LogP contribution in [0.5, 0.6) is 0 Å². The van der Waals surface area contributed by atoms with Crippen LogP contribution in [0.1, 0.15) is 79.1 Å². The van der Waals surface area contributed by atoms with Gasteiger partial charge in [0.2, 0.25) is 0 Å². The van der Waals surface area contributed by atoms with Crippen LogP contribution in [0.4, 0.5) is 0 Å². The van der Waals surface area contributed by atoms with Crippen molar-refractivity contribution < 1.29 is 28.9 Å². The normalized spacial score (nSPS) is 22.5. The van der Waals surface area contributed by atoms with Gasteiger partial charge in [0.25, 0.3) is 0 Å². The summed E-state index contributed by atoms with van der Waals surface area (Å²) >= 11 is 0. The van der Waals surface area contributed by atoms with Crippen LogP contribution in [-0.4, -0.2) is 53.8 Å². The largest absolute Gasteiger partial charge is 0.799 e. The van der Waals surface area contributed by atoms with Crippen molar-refractivity contribution in [2.75, 3.05) is 13.2 Å². The van der Waals surface area contributed by atoms with E-state index >= 15 is 0 Å². The number of aliphatic hydroxyl groups is 2. The first-order chi connectivity index (χ1) is 15.9. The molecule has 0 saturated carbocycles. The number of carbonyl (C=O) groups excluding carboxylic acids is 2. The van der Waals surface area contributed by atoms with Crippen LogP contribution in [0.15, 0.2) is 34.1 Å². The van der Waals surface area contributed by atoms with Crippen molar-refractivity contribution in [2.45, 2.75) is 79.1 Å². The van der Waals surface area contributed by atoms with Gasteiger partial charge in [-0.15, -0.1) is 0 Å². The van der Waals surface area contributed by atoms with Gasteiger partial charge in [0.05, 0.1) is 0 Å². The highest BCUT2D eigenvalue weighted by Gasteiger charge is 2.19. The molecule has 0 bridgehead atoms. The van der Waals surface area contributed by atoms with Crippen LogP contribution in [0.3, 0.4) is 0 Å². The van der Waals surface area contributed by atoms with Gasteiger partial charge in [0, 0.05) is 26.1 Å². The Kier molecular flexibility index (Phi) is 10.9. The molecule has 0 aromatic rings. The summed E-state index contributed by atoms with van der Waals surface area (Å²) in [6, 6.07) is 0. The minimum Gasteiger partial charge on any atom is -0.799 e. The fourth-order valence-electron chi connectivity index (χ4n) is 3.79. The van der Waals surface area contributed by atoms with E-state index in [-0.39, 0.29) is 48.5 Å². The molecule has 0 radical (unpaired) electrons. The van der Waals surface area contributed by atoms with Gasteiger partial charge < -0.3 is 19.3 Å². The Hall–Kier alpha value is -1.16. The van der Waals surface area contributed by atoms with E-state index in [1.54, 1.807) is 12.2 Å². The molecule has 2 atom stereocenters. The number of aliphatic hydroxyl groups excluding tert-OH is 2. The topological polar surface area (TPSA) is 121 Å². The Morgan fingerprint density at radius 3 is 2.00 bits per heavy atom. The van der Waals surface area contributed by atoms with Crippen molar-refractivity contribution in [1.29, 1.82) is 0 Å². The summed E-state index contributed by atoms with van der Waals surface area (Å²) < 4.78 is 26.0. The number of allylic oxidation sites excluding steroid dienone is 5. The smallest absolute Gasteiger partial charge is 0.161 e. The summed E-state index contributed by atoms with van der Waals surface area (Å²) in [5.41, 5.74) is -0.439. The van der Waals surface area contributed by atoms with Crippen molar-refractivity contribution in [3.05, 3.63) is 34.1 Å². The van der Waals surface area contributed by atoms with Crippen LogP contribution in [0.2, 0.25) is 0 Å². The van der Waals surface area contributed by atoms with E-state index in [1.807, 2.05) is 27.7 Å². The van der Waals surface area contributed by atoms with E-state index in [4.69, 9.17) is 0 Å². The van der Waals surface area contributed by atoms with Crippen LogP contribution in [-0.2, 0) is 9.59 Å². The lowest BCUT2D eigenvalue weighted by atomic mass is 9.88. The van der Waals surface area contributed by atoms with Crippen molar-refractivity contribution in [2.24, 2.45) is 10.8 Å². The third-order valence-electron chi connectivity index (χ3n) is 6.17. The van der Waals surface area contributed by atoms with Gasteiger partial charge in [0.1, 0.15) is 0 Å². The molecule has 2 heterocycles. The van der Waals surface area contributed by atoms with Crippen LogP contribution in [0, 0.1) is 10.8 Å². The molecule has 0 spiro atoms. The highest BCUT2D eigenvalue weighted by atomic mass is 32.2. The zero-order chi connectivity index (χ0) is 25.5. The fraction of sp³-hybridized carbons (Fsp3) is 0.615.